The highest BCUT2D eigenvalue weighted by molar-refractivity contribution is 5.41. The molecule has 1 aromatic heterocycles. The smallest absolute Gasteiger partial charge is 0.128 e. The number of rotatable bonds is 5. The summed E-state index contributed by atoms with van der Waals surface area (Å²) in [7, 11) is 3.37. The van der Waals surface area contributed by atoms with E-state index in [1.54, 1.807) is 14.2 Å². The zero-order chi connectivity index (χ0) is 14.8. The average Bonchev–Trinajstić information content (AvgIpc) is 2.92. The van der Waals surface area contributed by atoms with Gasteiger partial charge in [-0.05, 0) is 26.7 Å². The third-order valence-corrected chi connectivity index (χ3v) is 4.60. The Morgan fingerprint density at radius 3 is 2.50 bits per heavy atom. The summed E-state index contributed by atoms with van der Waals surface area (Å²) in [6.07, 6.45) is 5.88. The van der Waals surface area contributed by atoms with Gasteiger partial charge in [-0.25, -0.2) is 0 Å². The molecule has 20 heavy (non-hydrogen) atoms. The van der Waals surface area contributed by atoms with Crippen molar-refractivity contribution in [2.75, 3.05) is 14.2 Å². The Morgan fingerprint density at radius 2 is 1.95 bits per heavy atom. The highest BCUT2D eigenvalue weighted by atomic mass is 16.5. The van der Waals surface area contributed by atoms with E-state index in [2.05, 4.69) is 4.98 Å². The number of ether oxygens (including phenoxy) is 2. The van der Waals surface area contributed by atoms with E-state index in [1.165, 1.54) is 0 Å². The molecular weight excluding hydrogens is 254 g/mol. The molecule has 0 saturated heterocycles. The minimum atomic E-state index is -0.520. The quantitative estimate of drug-likeness (QED) is 0.900. The summed E-state index contributed by atoms with van der Waals surface area (Å²) in [6, 6.07) is 0. The summed E-state index contributed by atoms with van der Waals surface area (Å²) >= 11 is 0. The van der Waals surface area contributed by atoms with Crippen LogP contribution >= 0.6 is 0 Å². The maximum Gasteiger partial charge on any atom is 0.128 e. The van der Waals surface area contributed by atoms with E-state index in [0.717, 1.165) is 48.3 Å². The second-order valence-corrected chi connectivity index (χ2v) is 5.74. The zero-order valence-electron chi connectivity index (χ0n) is 12.9. The van der Waals surface area contributed by atoms with E-state index in [0.29, 0.717) is 6.42 Å². The summed E-state index contributed by atoms with van der Waals surface area (Å²) in [4.78, 5) is 4.47. The highest BCUT2D eigenvalue weighted by Crippen LogP contribution is 2.37. The van der Waals surface area contributed by atoms with Gasteiger partial charge in [-0.15, -0.1) is 0 Å². The Balaban J connectivity index is 2.21. The van der Waals surface area contributed by atoms with Gasteiger partial charge in [0.2, 0.25) is 0 Å². The SMILES string of the molecule is COc1c(C)cnc(CC(O)C2(OC)CCCC2)c1C. The van der Waals surface area contributed by atoms with Crippen molar-refractivity contribution in [1.29, 1.82) is 0 Å². The van der Waals surface area contributed by atoms with E-state index < -0.39 is 11.7 Å². The van der Waals surface area contributed by atoms with E-state index in [9.17, 15) is 5.11 Å². The van der Waals surface area contributed by atoms with Gasteiger partial charge in [0, 0.05) is 36.5 Å². The first-order chi connectivity index (χ1) is 9.54. The largest absolute Gasteiger partial charge is 0.496 e. The van der Waals surface area contributed by atoms with Crippen LogP contribution in [0.15, 0.2) is 6.20 Å². The van der Waals surface area contributed by atoms with Gasteiger partial charge in [0.25, 0.3) is 0 Å². The van der Waals surface area contributed by atoms with Crippen LogP contribution in [0.2, 0.25) is 0 Å². The van der Waals surface area contributed by atoms with Crippen molar-refractivity contribution < 1.29 is 14.6 Å². The maximum absolute atomic E-state index is 10.6. The number of pyridine rings is 1. The van der Waals surface area contributed by atoms with Crippen molar-refractivity contribution in [3.8, 4) is 5.75 Å². The lowest BCUT2D eigenvalue weighted by molar-refractivity contribution is -0.0974. The lowest BCUT2D eigenvalue weighted by Crippen LogP contribution is -2.43. The van der Waals surface area contributed by atoms with Crippen molar-refractivity contribution in [2.24, 2.45) is 0 Å². The number of aromatic nitrogens is 1. The van der Waals surface area contributed by atoms with Crippen LogP contribution < -0.4 is 4.74 Å². The molecule has 4 heteroatoms. The third kappa shape index (κ3) is 2.67. The summed E-state index contributed by atoms with van der Waals surface area (Å²) in [5.74, 6) is 0.861. The fraction of sp³-hybridized carbons (Fsp3) is 0.688. The van der Waals surface area contributed by atoms with Crippen LogP contribution in [-0.4, -0.2) is 36.0 Å². The number of methoxy groups -OCH3 is 2. The maximum atomic E-state index is 10.6. The van der Waals surface area contributed by atoms with Gasteiger partial charge in [-0.1, -0.05) is 12.8 Å². The fourth-order valence-corrected chi connectivity index (χ4v) is 3.29. The molecule has 4 nitrogen and oxygen atoms in total. The summed E-state index contributed by atoms with van der Waals surface area (Å²) in [5, 5.41) is 10.6. The predicted molar refractivity (Wildman–Crippen MR) is 78.2 cm³/mol. The number of hydrogen-bond donors (Lipinski definition) is 1. The average molecular weight is 279 g/mol. The number of nitrogens with zero attached hydrogens (tertiary/aromatic N) is 1. The minimum Gasteiger partial charge on any atom is -0.496 e. The zero-order valence-corrected chi connectivity index (χ0v) is 12.9. The molecule has 1 aliphatic carbocycles. The standard InChI is InChI=1S/C16H25NO3/c1-11-10-17-13(12(2)15(11)19-3)9-14(18)16(20-4)7-5-6-8-16/h10,14,18H,5-9H2,1-4H3. The topological polar surface area (TPSA) is 51.6 Å². The number of aryl methyl sites for hydroxylation is 1. The minimum absolute atomic E-state index is 0.397. The van der Waals surface area contributed by atoms with Crippen LogP contribution in [0.1, 0.15) is 42.5 Å². The Morgan fingerprint density at radius 1 is 1.30 bits per heavy atom. The van der Waals surface area contributed by atoms with Gasteiger partial charge < -0.3 is 14.6 Å². The van der Waals surface area contributed by atoms with Crippen LogP contribution in [0.25, 0.3) is 0 Å². The molecule has 0 spiro atoms. The first-order valence-corrected chi connectivity index (χ1v) is 7.26. The van der Waals surface area contributed by atoms with Crippen LogP contribution in [-0.2, 0) is 11.2 Å². The van der Waals surface area contributed by atoms with Gasteiger partial charge in [-0.3, -0.25) is 4.98 Å². The number of hydrogen-bond acceptors (Lipinski definition) is 4. The van der Waals surface area contributed by atoms with Crippen molar-refractivity contribution in [2.45, 2.75) is 57.7 Å². The second-order valence-electron chi connectivity index (χ2n) is 5.74. The molecule has 2 rings (SSSR count). The first-order valence-electron chi connectivity index (χ1n) is 7.26. The fourth-order valence-electron chi connectivity index (χ4n) is 3.29. The molecule has 0 bridgehead atoms. The van der Waals surface area contributed by atoms with E-state index in [4.69, 9.17) is 9.47 Å². The number of aliphatic hydroxyl groups is 1. The second kappa shape index (κ2) is 6.10. The van der Waals surface area contributed by atoms with Gasteiger partial charge in [0.15, 0.2) is 0 Å². The van der Waals surface area contributed by atoms with Crippen molar-refractivity contribution in [3.05, 3.63) is 23.0 Å². The summed E-state index contributed by atoms with van der Waals surface area (Å²) < 4.78 is 11.1. The van der Waals surface area contributed by atoms with Gasteiger partial charge in [0.1, 0.15) is 5.75 Å². The van der Waals surface area contributed by atoms with Gasteiger partial charge in [0.05, 0.1) is 18.8 Å². The van der Waals surface area contributed by atoms with Crippen LogP contribution in [0.3, 0.4) is 0 Å². The van der Waals surface area contributed by atoms with Crippen molar-refractivity contribution in [1.82, 2.24) is 4.98 Å². The molecule has 1 heterocycles. The molecule has 0 radical (unpaired) electrons. The molecule has 1 aromatic rings. The van der Waals surface area contributed by atoms with Gasteiger partial charge >= 0.3 is 0 Å². The molecule has 1 unspecified atom stereocenters. The Hall–Kier alpha value is -1.13. The van der Waals surface area contributed by atoms with Crippen LogP contribution in [0.4, 0.5) is 0 Å². The van der Waals surface area contributed by atoms with E-state index in [1.807, 2.05) is 20.0 Å². The Kier molecular flexibility index (Phi) is 4.66. The van der Waals surface area contributed by atoms with Crippen molar-refractivity contribution >= 4 is 0 Å². The monoisotopic (exact) mass is 279 g/mol. The van der Waals surface area contributed by atoms with Crippen molar-refractivity contribution in [3.63, 3.8) is 0 Å². The molecule has 1 N–H and O–H groups in total. The normalized spacial score (nSPS) is 19.1. The van der Waals surface area contributed by atoms with E-state index >= 15 is 0 Å². The Labute approximate surface area is 121 Å². The molecular formula is C16H25NO3. The molecule has 0 aliphatic heterocycles. The predicted octanol–water partition coefficient (Wildman–Crippen LogP) is 2.57. The molecule has 1 saturated carbocycles. The Bertz CT molecular complexity index is 467. The summed E-state index contributed by atoms with van der Waals surface area (Å²) in [6.45, 7) is 3.97. The molecule has 0 aromatic carbocycles. The number of aliphatic hydroxyl groups excluding tert-OH is 1. The lowest BCUT2D eigenvalue weighted by atomic mass is 9.90. The molecule has 1 aliphatic rings. The van der Waals surface area contributed by atoms with Crippen LogP contribution in [0, 0.1) is 13.8 Å². The first kappa shape index (κ1) is 15.3. The molecule has 112 valence electrons. The lowest BCUT2D eigenvalue weighted by Gasteiger charge is -2.33. The van der Waals surface area contributed by atoms with Gasteiger partial charge in [-0.2, -0.15) is 0 Å². The summed E-state index contributed by atoms with van der Waals surface area (Å²) in [5.41, 5.74) is 2.52. The molecule has 1 fully saturated rings. The molecule has 1 atom stereocenters. The molecule has 0 amide bonds. The van der Waals surface area contributed by atoms with Crippen LogP contribution in [0.5, 0.6) is 5.75 Å². The third-order valence-electron chi connectivity index (χ3n) is 4.60. The van der Waals surface area contributed by atoms with E-state index in [-0.39, 0.29) is 0 Å². The highest BCUT2D eigenvalue weighted by Gasteiger charge is 2.41.